The van der Waals surface area contributed by atoms with Crippen LogP contribution < -0.4 is 9.47 Å². The zero-order valence-corrected chi connectivity index (χ0v) is 9.49. The summed E-state index contributed by atoms with van der Waals surface area (Å²) in [5.74, 6) is -0.398. The molecule has 0 saturated carbocycles. The number of hydrogen-bond donors (Lipinski definition) is 0. The van der Waals surface area contributed by atoms with Gasteiger partial charge in [-0.05, 0) is 0 Å². The lowest BCUT2D eigenvalue weighted by molar-refractivity contribution is -0.386. The zero-order valence-electron chi connectivity index (χ0n) is 9.49. The maximum absolute atomic E-state index is 10.7. The van der Waals surface area contributed by atoms with Gasteiger partial charge in [-0.2, -0.15) is 0 Å². The molecule has 18 heavy (non-hydrogen) atoms. The quantitative estimate of drug-likeness (QED) is 0.444. The van der Waals surface area contributed by atoms with Gasteiger partial charge in [-0.3, -0.25) is 14.9 Å². The Morgan fingerprint density at radius 2 is 2.50 bits per heavy atom. The largest absolute Gasteiger partial charge is 0.479 e. The minimum Gasteiger partial charge on any atom is -0.479 e. The average Bonchev–Trinajstić information content (AvgIpc) is 2.35. The average molecular weight is 254 g/mol. The molecule has 0 N–H and O–H groups in total. The number of rotatable bonds is 3. The Hall–Kier alpha value is -2.38. The zero-order chi connectivity index (χ0) is 13.1. The van der Waals surface area contributed by atoms with Gasteiger partial charge in [0, 0.05) is 19.2 Å². The van der Waals surface area contributed by atoms with E-state index in [1.807, 2.05) is 0 Å². The lowest BCUT2D eigenvalue weighted by atomic mass is 10.3. The van der Waals surface area contributed by atoms with E-state index >= 15 is 0 Å². The van der Waals surface area contributed by atoms with Gasteiger partial charge in [0.1, 0.15) is 13.2 Å². The van der Waals surface area contributed by atoms with Gasteiger partial charge < -0.3 is 14.2 Å². The molecule has 1 aromatic heterocycles. The summed E-state index contributed by atoms with van der Waals surface area (Å²) >= 11 is 0. The number of pyridine rings is 1. The molecule has 1 unspecified atom stereocenters. The first kappa shape index (κ1) is 12.1. The Morgan fingerprint density at radius 3 is 3.17 bits per heavy atom. The van der Waals surface area contributed by atoms with E-state index < -0.39 is 17.0 Å². The van der Waals surface area contributed by atoms with Crippen molar-refractivity contribution in [1.82, 2.24) is 4.98 Å². The molecule has 0 amide bonds. The van der Waals surface area contributed by atoms with Gasteiger partial charge in [0.05, 0.1) is 4.92 Å². The summed E-state index contributed by atoms with van der Waals surface area (Å²) < 4.78 is 15.4. The van der Waals surface area contributed by atoms with E-state index in [1.165, 1.54) is 19.2 Å². The third kappa shape index (κ3) is 2.47. The number of nitrogens with zero attached hydrogens (tertiary/aromatic N) is 2. The Labute approximate surface area is 102 Å². The fourth-order valence-corrected chi connectivity index (χ4v) is 1.44. The first-order valence-electron chi connectivity index (χ1n) is 5.14. The van der Waals surface area contributed by atoms with Crippen molar-refractivity contribution in [2.75, 3.05) is 13.2 Å². The van der Waals surface area contributed by atoms with E-state index in [9.17, 15) is 14.9 Å². The molecule has 8 nitrogen and oxygen atoms in total. The van der Waals surface area contributed by atoms with E-state index in [0.717, 1.165) is 0 Å². The summed E-state index contributed by atoms with van der Waals surface area (Å²) in [6, 6.07) is 1.23. The van der Waals surface area contributed by atoms with E-state index in [-0.39, 0.29) is 30.5 Å². The SMILES string of the molecule is CC(=O)OCC1COc2c([N+](=O)[O-])ccnc2O1. The molecule has 0 bridgehead atoms. The molecule has 2 rings (SSSR count). The fraction of sp³-hybridized carbons (Fsp3) is 0.400. The van der Waals surface area contributed by atoms with Crippen molar-refractivity contribution in [3.8, 4) is 11.6 Å². The molecule has 1 aromatic rings. The summed E-state index contributed by atoms with van der Waals surface area (Å²) in [4.78, 5) is 24.7. The Kier molecular flexibility index (Phi) is 3.26. The second kappa shape index (κ2) is 4.86. The van der Waals surface area contributed by atoms with Crippen molar-refractivity contribution in [2.24, 2.45) is 0 Å². The van der Waals surface area contributed by atoms with Gasteiger partial charge in [-0.1, -0.05) is 0 Å². The predicted molar refractivity (Wildman–Crippen MR) is 57.4 cm³/mol. The first-order valence-corrected chi connectivity index (χ1v) is 5.14. The number of nitro groups is 1. The van der Waals surface area contributed by atoms with Crippen LogP contribution in [0.5, 0.6) is 11.6 Å². The minimum absolute atomic E-state index is 0.00146. The number of esters is 1. The van der Waals surface area contributed by atoms with Crippen LogP contribution in [0.4, 0.5) is 5.69 Å². The number of aromatic nitrogens is 1. The van der Waals surface area contributed by atoms with Crippen LogP contribution in [0, 0.1) is 10.1 Å². The van der Waals surface area contributed by atoms with E-state index in [1.54, 1.807) is 0 Å². The third-order valence-electron chi connectivity index (χ3n) is 2.21. The van der Waals surface area contributed by atoms with Crippen molar-refractivity contribution >= 4 is 11.7 Å². The van der Waals surface area contributed by atoms with Gasteiger partial charge in [0.15, 0.2) is 6.10 Å². The molecule has 1 atom stereocenters. The van der Waals surface area contributed by atoms with E-state index in [4.69, 9.17) is 14.2 Å². The topological polar surface area (TPSA) is 101 Å². The second-order valence-electron chi connectivity index (χ2n) is 3.57. The van der Waals surface area contributed by atoms with Crippen LogP contribution in [0.2, 0.25) is 0 Å². The molecule has 0 spiro atoms. The first-order chi connectivity index (χ1) is 8.58. The number of ether oxygens (including phenoxy) is 3. The summed E-state index contributed by atoms with van der Waals surface area (Å²) in [6.07, 6.45) is 0.741. The van der Waals surface area contributed by atoms with Gasteiger partial charge in [0.25, 0.3) is 11.6 Å². The van der Waals surface area contributed by atoms with Crippen LogP contribution in [0.15, 0.2) is 12.3 Å². The normalized spacial score (nSPS) is 17.1. The van der Waals surface area contributed by atoms with Crippen LogP contribution in [-0.2, 0) is 9.53 Å². The third-order valence-corrected chi connectivity index (χ3v) is 2.21. The number of fused-ring (bicyclic) bond motifs is 1. The Balaban J connectivity index is 2.13. The molecule has 1 aliphatic rings. The van der Waals surface area contributed by atoms with E-state index in [0.29, 0.717) is 0 Å². The molecule has 96 valence electrons. The van der Waals surface area contributed by atoms with E-state index in [2.05, 4.69) is 4.98 Å². The van der Waals surface area contributed by atoms with Crippen LogP contribution in [0.3, 0.4) is 0 Å². The highest BCUT2D eigenvalue weighted by molar-refractivity contribution is 5.65. The molecule has 0 aromatic carbocycles. The molecule has 0 aliphatic carbocycles. The molecule has 2 heterocycles. The summed E-state index contributed by atoms with van der Waals surface area (Å²) in [5.41, 5.74) is -0.203. The predicted octanol–water partition coefficient (Wildman–Crippen LogP) is 0.693. The van der Waals surface area contributed by atoms with Gasteiger partial charge >= 0.3 is 11.7 Å². The van der Waals surface area contributed by atoms with Crippen molar-refractivity contribution in [3.63, 3.8) is 0 Å². The monoisotopic (exact) mass is 254 g/mol. The standard InChI is InChI=1S/C10H10N2O6/c1-6(13)16-4-7-5-17-9-8(12(14)15)2-3-11-10(9)18-7/h2-3,7H,4-5H2,1H3. The fourth-order valence-electron chi connectivity index (χ4n) is 1.44. The number of carbonyl (C=O) groups is 1. The molecule has 0 fully saturated rings. The van der Waals surface area contributed by atoms with Crippen LogP contribution in [-0.4, -0.2) is 35.2 Å². The summed E-state index contributed by atoms with van der Waals surface area (Å²) in [7, 11) is 0. The highest BCUT2D eigenvalue weighted by Gasteiger charge is 2.29. The Bertz CT molecular complexity index is 489. The smallest absolute Gasteiger partial charge is 0.318 e. The number of hydrogen-bond acceptors (Lipinski definition) is 7. The van der Waals surface area contributed by atoms with Crippen molar-refractivity contribution < 1.29 is 23.9 Å². The maximum Gasteiger partial charge on any atom is 0.318 e. The molecule has 0 saturated heterocycles. The molecule has 8 heteroatoms. The van der Waals surface area contributed by atoms with Gasteiger partial charge in [-0.25, -0.2) is 4.98 Å². The molecular formula is C10H10N2O6. The van der Waals surface area contributed by atoms with Gasteiger partial charge in [-0.15, -0.1) is 0 Å². The number of carbonyl (C=O) groups excluding carboxylic acids is 1. The lowest BCUT2D eigenvalue weighted by Gasteiger charge is -2.24. The molecule has 1 aliphatic heterocycles. The van der Waals surface area contributed by atoms with Crippen molar-refractivity contribution in [2.45, 2.75) is 13.0 Å². The van der Waals surface area contributed by atoms with Crippen molar-refractivity contribution in [1.29, 1.82) is 0 Å². The van der Waals surface area contributed by atoms with Crippen LogP contribution >= 0.6 is 0 Å². The van der Waals surface area contributed by atoms with Crippen LogP contribution in [0.1, 0.15) is 6.92 Å². The highest BCUT2D eigenvalue weighted by Crippen LogP contribution is 2.37. The molecule has 0 radical (unpaired) electrons. The lowest BCUT2D eigenvalue weighted by Crippen LogP contribution is -2.34. The summed E-state index contributed by atoms with van der Waals surface area (Å²) in [6.45, 7) is 1.35. The Morgan fingerprint density at radius 1 is 1.72 bits per heavy atom. The highest BCUT2D eigenvalue weighted by atomic mass is 16.6. The maximum atomic E-state index is 10.7. The molecular weight excluding hydrogens is 244 g/mol. The van der Waals surface area contributed by atoms with Gasteiger partial charge in [0.2, 0.25) is 0 Å². The summed E-state index contributed by atoms with van der Waals surface area (Å²) in [5, 5.41) is 10.7. The van der Waals surface area contributed by atoms with Crippen molar-refractivity contribution in [3.05, 3.63) is 22.4 Å². The van der Waals surface area contributed by atoms with Crippen LogP contribution in [0.25, 0.3) is 0 Å². The second-order valence-corrected chi connectivity index (χ2v) is 3.57. The minimum atomic E-state index is -0.573.